The molecule has 0 aliphatic carbocycles. The van der Waals surface area contributed by atoms with Gasteiger partial charge in [-0.3, -0.25) is 14.9 Å². The lowest BCUT2D eigenvalue weighted by atomic mass is 10.1. The minimum Gasteiger partial charge on any atom is -0.495 e. The van der Waals surface area contributed by atoms with Gasteiger partial charge in [0, 0.05) is 22.9 Å². The van der Waals surface area contributed by atoms with Crippen LogP contribution in [0.2, 0.25) is 0 Å². The van der Waals surface area contributed by atoms with Crippen LogP contribution in [0.15, 0.2) is 59.0 Å². The van der Waals surface area contributed by atoms with E-state index in [-0.39, 0.29) is 11.3 Å². The number of hydrogen-bond donors (Lipinski definition) is 2. The molecule has 0 atom stereocenters. The highest BCUT2D eigenvalue weighted by Gasteiger charge is 2.18. The Labute approximate surface area is 180 Å². The summed E-state index contributed by atoms with van der Waals surface area (Å²) in [5.74, 6) is -1.13. The fourth-order valence-corrected chi connectivity index (χ4v) is 3.25. The zero-order valence-corrected chi connectivity index (χ0v) is 16.8. The van der Waals surface area contributed by atoms with Crippen LogP contribution in [0.4, 0.5) is 17.1 Å². The summed E-state index contributed by atoms with van der Waals surface area (Å²) in [5.41, 5.74) is 6.49. The molecule has 0 unspecified atom stereocenters. The van der Waals surface area contributed by atoms with Crippen molar-refractivity contribution in [2.45, 2.75) is 0 Å². The number of nitrogens with two attached hydrogens (primary N) is 1. The van der Waals surface area contributed by atoms with Gasteiger partial charge in [0.1, 0.15) is 22.6 Å². The van der Waals surface area contributed by atoms with Crippen LogP contribution >= 0.6 is 0 Å². The Morgan fingerprint density at radius 3 is 2.62 bits per heavy atom. The molecule has 3 aromatic carbocycles. The van der Waals surface area contributed by atoms with Crippen molar-refractivity contribution < 1.29 is 28.4 Å². The van der Waals surface area contributed by atoms with E-state index in [9.17, 15) is 19.7 Å². The van der Waals surface area contributed by atoms with Crippen LogP contribution < -0.4 is 15.8 Å². The third-order valence-electron chi connectivity index (χ3n) is 4.77. The van der Waals surface area contributed by atoms with Crippen molar-refractivity contribution >= 4 is 50.9 Å². The van der Waals surface area contributed by atoms with Crippen molar-refractivity contribution in [1.29, 1.82) is 0 Å². The van der Waals surface area contributed by atoms with Gasteiger partial charge in [0.25, 0.3) is 11.6 Å². The SMILES string of the molecule is COc1cc2c(cc1NC(=O)COC(=O)c1ccc(N)c([N+](=O)[O-])c1)oc1ccccc12. The van der Waals surface area contributed by atoms with Crippen LogP contribution in [0.3, 0.4) is 0 Å². The van der Waals surface area contributed by atoms with Crippen molar-refractivity contribution in [1.82, 2.24) is 0 Å². The molecule has 0 saturated heterocycles. The first-order valence-electron chi connectivity index (χ1n) is 9.37. The zero-order chi connectivity index (χ0) is 22.8. The highest BCUT2D eigenvalue weighted by molar-refractivity contribution is 6.08. The predicted octanol–water partition coefficient (Wildman–Crippen LogP) is 3.88. The number of benzene rings is 3. The first-order valence-corrected chi connectivity index (χ1v) is 9.37. The van der Waals surface area contributed by atoms with E-state index in [2.05, 4.69) is 5.32 Å². The number of furan rings is 1. The van der Waals surface area contributed by atoms with Crippen LogP contribution in [0.1, 0.15) is 10.4 Å². The lowest BCUT2D eigenvalue weighted by molar-refractivity contribution is -0.383. The summed E-state index contributed by atoms with van der Waals surface area (Å²) < 4.78 is 16.2. The molecule has 162 valence electrons. The summed E-state index contributed by atoms with van der Waals surface area (Å²) in [7, 11) is 1.47. The summed E-state index contributed by atoms with van der Waals surface area (Å²) in [6.07, 6.45) is 0. The first-order chi connectivity index (χ1) is 15.4. The summed E-state index contributed by atoms with van der Waals surface area (Å²) in [6.45, 7) is -0.613. The zero-order valence-electron chi connectivity index (χ0n) is 16.8. The van der Waals surface area contributed by atoms with Crippen molar-refractivity contribution in [2.24, 2.45) is 0 Å². The number of nitrogens with zero attached hydrogens (tertiary/aromatic N) is 1. The average molecular weight is 435 g/mol. The Morgan fingerprint density at radius 1 is 1.09 bits per heavy atom. The quantitative estimate of drug-likeness (QED) is 0.201. The predicted molar refractivity (Wildman–Crippen MR) is 117 cm³/mol. The summed E-state index contributed by atoms with van der Waals surface area (Å²) >= 11 is 0. The highest BCUT2D eigenvalue weighted by Crippen LogP contribution is 2.36. The van der Waals surface area contributed by atoms with Crippen molar-refractivity contribution in [2.75, 3.05) is 24.8 Å². The minimum absolute atomic E-state index is 0.0858. The number of esters is 1. The van der Waals surface area contributed by atoms with E-state index in [1.54, 1.807) is 12.1 Å². The molecule has 0 saturated carbocycles. The minimum atomic E-state index is -0.900. The number of anilines is 2. The number of methoxy groups -OCH3 is 1. The molecule has 1 amide bonds. The molecular weight excluding hydrogens is 418 g/mol. The van der Waals surface area contributed by atoms with Gasteiger partial charge in [-0.1, -0.05) is 18.2 Å². The second-order valence-corrected chi connectivity index (χ2v) is 6.80. The van der Waals surface area contributed by atoms with Crippen LogP contribution in [0, 0.1) is 10.1 Å². The van der Waals surface area contributed by atoms with E-state index in [1.807, 2.05) is 24.3 Å². The molecule has 4 aromatic rings. The monoisotopic (exact) mass is 435 g/mol. The van der Waals surface area contributed by atoms with Gasteiger partial charge in [0.2, 0.25) is 0 Å². The van der Waals surface area contributed by atoms with E-state index in [1.165, 1.54) is 19.2 Å². The van der Waals surface area contributed by atoms with Gasteiger partial charge in [-0.05, 0) is 24.3 Å². The van der Waals surface area contributed by atoms with Gasteiger partial charge < -0.3 is 24.9 Å². The lowest BCUT2D eigenvalue weighted by Crippen LogP contribution is -2.21. The number of fused-ring (bicyclic) bond motifs is 3. The van der Waals surface area contributed by atoms with E-state index in [0.717, 1.165) is 16.8 Å². The number of ether oxygens (including phenoxy) is 2. The topological polar surface area (TPSA) is 147 Å². The van der Waals surface area contributed by atoms with Gasteiger partial charge in [0.05, 0.1) is 23.3 Å². The summed E-state index contributed by atoms with van der Waals surface area (Å²) in [4.78, 5) is 34.8. The molecule has 32 heavy (non-hydrogen) atoms. The fraction of sp³-hybridized carbons (Fsp3) is 0.0909. The first kappa shape index (κ1) is 20.7. The second kappa shape index (κ2) is 8.26. The number of rotatable bonds is 6. The molecular formula is C22H17N3O7. The maximum Gasteiger partial charge on any atom is 0.338 e. The molecule has 3 N–H and O–H groups in total. The Bertz CT molecular complexity index is 1380. The molecule has 10 nitrogen and oxygen atoms in total. The van der Waals surface area contributed by atoms with E-state index < -0.39 is 29.1 Å². The maximum absolute atomic E-state index is 12.4. The van der Waals surface area contributed by atoms with E-state index in [4.69, 9.17) is 19.6 Å². The van der Waals surface area contributed by atoms with E-state index in [0.29, 0.717) is 22.6 Å². The maximum atomic E-state index is 12.4. The number of nitro groups is 1. The van der Waals surface area contributed by atoms with Gasteiger partial charge >= 0.3 is 5.97 Å². The van der Waals surface area contributed by atoms with Crippen LogP contribution in [0.25, 0.3) is 21.9 Å². The van der Waals surface area contributed by atoms with Crippen molar-refractivity contribution in [3.8, 4) is 5.75 Å². The lowest BCUT2D eigenvalue weighted by Gasteiger charge is -2.11. The molecule has 0 aliphatic rings. The summed E-state index contributed by atoms with van der Waals surface area (Å²) in [5, 5.41) is 15.3. The Morgan fingerprint density at radius 2 is 1.88 bits per heavy atom. The third-order valence-corrected chi connectivity index (χ3v) is 4.77. The number of amides is 1. The van der Waals surface area contributed by atoms with Crippen LogP contribution in [-0.4, -0.2) is 30.5 Å². The van der Waals surface area contributed by atoms with Crippen LogP contribution in [-0.2, 0) is 9.53 Å². The number of nitro benzene ring substituents is 1. The molecule has 4 rings (SSSR count). The van der Waals surface area contributed by atoms with Crippen molar-refractivity contribution in [3.63, 3.8) is 0 Å². The average Bonchev–Trinajstić information content (AvgIpc) is 3.14. The molecule has 0 spiro atoms. The summed E-state index contributed by atoms with van der Waals surface area (Å²) in [6, 6.07) is 14.4. The molecule has 0 aliphatic heterocycles. The largest absolute Gasteiger partial charge is 0.495 e. The number of hydrogen-bond acceptors (Lipinski definition) is 8. The van der Waals surface area contributed by atoms with E-state index >= 15 is 0 Å². The molecule has 0 radical (unpaired) electrons. The standard InChI is InChI=1S/C22H17N3O7/c1-30-20-9-14-13-4-2-3-5-18(13)32-19(14)10-16(20)24-21(26)11-31-22(27)12-6-7-15(23)17(8-12)25(28)29/h2-10H,11,23H2,1H3,(H,24,26). The fourth-order valence-electron chi connectivity index (χ4n) is 3.25. The van der Waals surface area contributed by atoms with Gasteiger partial charge in [-0.15, -0.1) is 0 Å². The number of nitrogen functional groups attached to an aromatic ring is 1. The van der Waals surface area contributed by atoms with Gasteiger partial charge in [-0.2, -0.15) is 0 Å². The highest BCUT2D eigenvalue weighted by atomic mass is 16.6. The molecule has 1 heterocycles. The molecule has 1 aromatic heterocycles. The third kappa shape index (κ3) is 3.88. The number of carbonyl (C=O) groups excluding carboxylic acids is 2. The van der Waals surface area contributed by atoms with Gasteiger partial charge in [-0.25, -0.2) is 4.79 Å². The Hall–Kier alpha value is -4.60. The smallest absolute Gasteiger partial charge is 0.338 e. The Balaban J connectivity index is 1.49. The molecule has 0 bridgehead atoms. The number of carbonyl (C=O) groups is 2. The Kier molecular flexibility index (Phi) is 5.34. The van der Waals surface area contributed by atoms with Crippen LogP contribution in [0.5, 0.6) is 5.75 Å². The number of para-hydroxylation sites is 1. The van der Waals surface area contributed by atoms with Crippen molar-refractivity contribution in [3.05, 3.63) is 70.3 Å². The molecule has 0 fully saturated rings. The number of nitrogens with one attached hydrogen (secondary N) is 1. The normalized spacial score (nSPS) is 10.8. The van der Waals surface area contributed by atoms with Gasteiger partial charge in [0.15, 0.2) is 6.61 Å². The molecule has 10 heteroatoms. The second-order valence-electron chi connectivity index (χ2n) is 6.80.